The second-order valence-electron chi connectivity index (χ2n) is 11.0. The molecule has 0 atom stereocenters. The van der Waals surface area contributed by atoms with Crippen LogP contribution in [0, 0.1) is 11.6 Å². The standard InChI is InChI=1S/C34H37F2N3O3/c1-42-32(40)31-30(24-25-15-16-28(35)29(36)23-25)39(33(41)37-31)20-10-4-9-19-38-21-17-34(18-22-38,26-11-5-2-6-12-26)27-13-7-3-8-14-27/h2-3,5-8,11-16,23H,4,9-10,17-22,24H2,1H3,(H,37,41). The van der Waals surface area contributed by atoms with Crippen LogP contribution >= 0.6 is 0 Å². The molecule has 1 N–H and O–H groups in total. The average Bonchev–Trinajstić information content (AvgIpc) is 3.33. The summed E-state index contributed by atoms with van der Waals surface area (Å²) in [6.45, 7) is 3.43. The number of nitrogens with one attached hydrogen (secondary N) is 1. The number of piperidine rings is 1. The van der Waals surface area contributed by atoms with Gasteiger partial charge < -0.3 is 9.64 Å². The second-order valence-corrected chi connectivity index (χ2v) is 11.0. The Labute approximate surface area is 245 Å². The number of esters is 1. The van der Waals surface area contributed by atoms with Gasteiger partial charge in [0.2, 0.25) is 0 Å². The van der Waals surface area contributed by atoms with Crippen LogP contribution in [0.15, 0.2) is 83.7 Å². The van der Waals surface area contributed by atoms with Crippen LogP contribution in [0.1, 0.15) is 65.0 Å². The number of ether oxygens (including phenoxy) is 1. The molecule has 8 heteroatoms. The number of aromatic nitrogens is 2. The molecule has 42 heavy (non-hydrogen) atoms. The number of hydrogen-bond donors (Lipinski definition) is 1. The van der Waals surface area contributed by atoms with Crippen molar-refractivity contribution in [1.82, 2.24) is 14.5 Å². The van der Waals surface area contributed by atoms with Gasteiger partial charge in [0.25, 0.3) is 0 Å². The second kappa shape index (κ2) is 13.3. The van der Waals surface area contributed by atoms with Gasteiger partial charge in [-0.3, -0.25) is 9.55 Å². The number of halogens is 2. The molecule has 1 aliphatic heterocycles. The van der Waals surface area contributed by atoms with Crippen molar-refractivity contribution in [2.24, 2.45) is 0 Å². The Kier molecular flexibility index (Phi) is 9.32. The van der Waals surface area contributed by atoms with Gasteiger partial charge in [0.1, 0.15) is 5.69 Å². The van der Waals surface area contributed by atoms with Crippen LogP contribution in [-0.4, -0.2) is 47.2 Å². The number of benzene rings is 3. The Morgan fingerprint density at radius 1 is 0.857 bits per heavy atom. The van der Waals surface area contributed by atoms with Crippen LogP contribution in [-0.2, 0) is 23.1 Å². The van der Waals surface area contributed by atoms with Crippen molar-refractivity contribution in [2.75, 3.05) is 26.7 Å². The van der Waals surface area contributed by atoms with E-state index >= 15 is 0 Å². The fraction of sp³-hybridized carbons (Fsp3) is 0.353. The van der Waals surface area contributed by atoms with Gasteiger partial charge in [-0.05, 0) is 74.1 Å². The molecule has 3 aromatic carbocycles. The minimum absolute atomic E-state index is 0.0235. The summed E-state index contributed by atoms with van der Waals surface area (Å²) < 4.78 is 33.6. The van der Waals surface area contributed by atoms with E-state index in [1.54, 1.807) is 0 Å². The average molecular weight is 574 g/mol. The maximum atomic E-state index is 13.8. The van der Waals surface area contributed by atoms with Crippen molar-refractivity contribution >= 4 is 5.97 Å². The number of H-pyrrole nitrogens is 1. The number of unbranched alkanes of at least 4 members (excludes halogenated alkanes) is 2. The molecule has 220 valence electrons. The molecule has 0 aliphatic carbocycles. The number of hydrogen-bond acceptors (Lipinski definition) is 4. The smallest absolute Gasteiger partial charge is 0.356 e. The third-order valence-corrected chi connectivity index (χ3v) is 8.56. The van der Waals surface area contributed by atoms with Crippen LogP contribution in [0.2, 0.25) is 0 Å². The number of aromatic amines is 1. The van der Waals surface area contributed by atoms with Crippen molar-refractivity contribution in [3.63, 3.8) is 0 Å². The highest BCUT2D eigenvalue weighted by atomic mass is 19.2. The minimum atomic E-state index is -0.973. The molecular weight excluding hydrogens is 536 g/mol. The van der Waals surface area contributed by atoms with Crippen molar-refractivity contribution in [2.45, 2.75) is 50.5 Å². The highest BCUT2D eigenvalue weighted by Gasteiger charge is 2.37. The summed E-state index contributed by atoms with van der Waals surface area (Å²) >= 11 is 0. The van der Waals surface area contributed by atoms with Gasteiger partial charge in [-0.15, -0.1) is 0 Å². The van der Waals surface area contributed by atoms with E-state index in [2.05, 4.69) is 70.5 Å². The number of imidazole rings is 1. The van der Waals surface area contributed by atoms with Crippen molar-refractivity contribution in [1.29, 1.82) is 0 Å². The first kappa shape index (κ1) is 29.5. The lowest BCUT2D eigenvalue weighted by Crippen LogP contribution is -2.43. The quantitative estimate of drug-likeness (QED) is 0.174. The fourth-order valence-corrected chi connectivity index (χ4v) is 6.24. The van der Waals surface area contributed by atoms with E-state index < -0.39 is 23.3 Å². The molecule has 4 aromatic rings. The largest absolute Gasteiger partial charge is 0.464 e. The number of likely N-dealkylation sites (tertiary alicyclic amines) is 1. The van der Waals surface area contributed by atoms with Gasteiger partial charge in [0.05, 0.1) is 12.8 Å². The van der Waals surface area contributed by atoms with Crippen LogP contribution < -0.4 is 5.69 Å². The molecule has 0 radical (unpaired) electrons. The first-order valence-electron chi connectivity index (χ1n) is 14.6. The van der Waals surface area contributed by atoms with Gasteiger partial charge >= 0.3 is 11.7 Å². The number of nitrogens with zero attached hydrogens (tertiary/aromatic N) is 2. The van der Waals surface area contributed by atoms with E-state index in [4.69, 9.17) is 4.74 Å². The Balaban J connectivity index is 1.18. The van der Waals surface area contributed by atoms with Crippen LogP contribution in [0.5, 0.6) is 0 Å². The molecule has 1 aromatic heterocycles. The third kappa shape index (κ3) is 6.39. The minimum Gasteiger partial charge on any atom is -0.464 e. The molecule has 6 nitrogen and oxygen atoms in total. The summed E-state index contributed by atoms with van der Waals surface area (Å²) in [5.74, 6) is -2.59. The van der Waals surface area contributed by atoms with Crippen LogP contribution in [0.25, 0.3) is 0 Å². The Morgan fingerprint density at radius 2 is 1.48 bits per heavy atom. The Hall–Kier alpha value is -4.04. The van der Waals surface area contributed by atoms with E-state index in [9.17, 15) is 18.4 Å². The summed E-state index contributed by atoms with van der Waals surface area (Å²) in [4.78, 5) is 30.2. The molecule has 1 aliphatic rings. The maximum absolute atomic E-state index is 13.8. The number of carbonyl (C=O) groups excluding carboxylic acids is 1. The lowest BCUT2D eigenvalue weighted by atomic mass is 9.68. The molecule has 5 rings (SSSR count). The predicted octanol–water partition coefficient (Wildman–Crippen LogP) is 6.08. The molecule has 0 spiro atoms. The van der Waals surface area contributed by atoms with Gasteiger partial charge in [-0.2, -0.15) is 0 Å². The van der Waals surface area contributed by atoms with E-state index in [1.165, 1.54) is 28.9 Å². The Morgan fingerprint density at radius 3 is 2.07 bits per heavy atom. The number of carbonyl (C=O) groups is 1. The number of methoxy groups -OCH3 is 1. The summed E-state index contributed by atoms with van der Waals surface area (Å²) in [6, 6.07) is 25.2. The van der Waals surface area contributed by atoms with Crippen molar-refractivity contribution < 1.29 is 18.3 Å². The third-order valence-electron chi connectivity index (χ3n) is 8.56. The normalized spacial score (nSPS) is 15.0. The summed E-state index contributed by atoms with van der Waals surface area (Å²) in [5.41, 5.74) is 3.26. The van der Waals surface area contributed by atoms with E-state index in [0.29, 0.717) is 17.8 Å². The van der Waals surface area contributed by atoms with Gasteiger partial charge in [-0.1, -0.05) is 73.2 Å². The molecule has 0 amide bonds. The molecular formula is C34H37F2N3O3. The zero-order chi connectivity index (χ0) is 29.5. The van der Waals surface area contributed by atoms with Crippen molar-refractivity contribution in [3.8, 4) is 0 Å². The van der Waals surface area contributed by atoms with E-state index in [0.717, 1.165) is 63.9 Å². The van der Waals surface area contributed by atoms with Crippen LogP contribution in [0.4, 0.5) is 8.78 Å². The SMILES string of the molecule is COC(=O)c1[nH]c(=O)n(CCCCCN2CCC(c3ccccc3)(c3ccccc3)CC2)c1Cc1ccc(F)c(F)c1. The summed E-state index contributed by atoms with van der Waals surface area (Å²) in [5, 5.41) is 0. The highest BCUT2D eigenvalue weighted by molar-refractivity contribution is 5.88. The summed E-state index contributed by atoms with van der Waals surface area (Å²) in [7, 11) is 1.24. The van der Waals surface area contributed by atoms with E-state index in [1.807, 2.05) is 0 Å². The maximum Gasteiger partial charge on any atom is 0.356 e. The first-order valence-corrected chi connectivity index (χ1v) is 14.6. The lowest BCUT2D eigenvalue weighted by molar-refractivity contribution is 0.0593. The zero-order valence-corrected chi connectivity index (χ0v) is 24.0. The van der Waals surface area contributed by atoms with Crippen LogP contribution in [0.3, 0.4) is 0 Å². The first-order chi connectivity index (χ1) is 20.4. The molecule has 1 saturated heterocycles. The fourth-order valence-electron chi connectivity index (χ4n) is 6.24. The van der Waals surface area contributed by atoms with Gasteiger partial charge in [0.15, 0.2) is 11.6 Å². The zero-order valence-electron chi connectivity index (χ0n) is 24.0. The predicted molar refractivity (Wildman–Crippen MR) is 159 cm³/mol. The molecule has 1 fully saturated rings. The molecule has 0 saturated carbocycles. The van der Waals surface area contributed by atoms with E-state index in [-0.39, 0.29) is 17.5 Å². The monoisotopic (exact) mass is 573 g/mol. The molecule has 0 bridgehead atoms. The molecule has 0 unspecified atom stereocenters. The Bertz CT molecular complexity index is 1500. The highest BCUT2D eigenvalue weighted by Crippen LogP contribution is 2.41. The summed E-state index contributed by atoms with van der Waals surface area (Å²) in [6.07, 6.45) is 4.86. The molecule has 2 heterocycles. The van der Waals surface area contributed by atoms with Gasteiger partial charge in [0, 0.05) is 18.4 Å². The van der Waals surface area contributed by atoms with Gasteiger partial charge in [-0.25, -0.2) is 18.4 Å². The number of rotatable bonds is 11. The topological polar surface area (TPSA) is 67.3 Å². The van der Waals surface area contributed by atoms with Crippen molar-refractivity contribution in [3.05, 3.63) is 129 Å². The lowest BCUT2D eigenvalue weighted by Gasteiger charge is -2.43.